The van der Waals surface area contributed by atoms with Crippen LogP contribution in [0.4, 0.5) is 0 Å². The van der Waals surface area contributed by atoms with Crippen molar-refractivity contribution in [1.29, 1.82) is 0 Å². The van der Waals surface area contributed by atoms with Crippen LogP contribution in [0.25, 0.3) is 0 Å². The normalized spacial score (nSPS) is 20.0. The molecule has 0 radical (unpaired) electrons. The number of hydrogen-bond donors (Lipinski definition) is 1. The van der Waals surface area contributed by atoms with E-state index in [2.05, 4.69) is 56.0 Å². The van der Waals surface area contributed by atoms with Crippen LogP contribution in [-0.4, -0.2) is 49.6 Å². The summed E-state index contributed by atoms with van der Waals surface area (Å²) in [6.45, 7) is 12.5. The predicted molar refractivity (Wildman–Crippen MR) is 93.0 cm³/mol. The second-order valence-corrected chi connectivity index (χ2v) is 8.30. The number of likely N-dealkylation sites (tertiary alicyclic amines) is 1. The smallest absolute Gasteiger partial charge is 0.0300 e. The van der Waals surface area contributed by atoms with Gasteiger partial charge in [-0.15, -0.1) is 11.3 Å². The third-order valence-corrected chi connectivity index (χ3v) is 5.39. The molecule has 0 saturated carbocycles. The summed E-state index contributed by atoms with van der Waals surface area (Å²) in [5.74, 6) is 0.720. The Balaban J connectivity index is 1.85. The molecule has 0 spiro atoms. The van der Waals surface area contributed by atoms with Crippen molar-refractivity contribution in [2.45, 2.75) is 46.3 Å². The lowest BCUT2D eigenvalue weighted by atomic mass is 10.2. The van der Waals surface area contributed by atoms with Gasteiger partial charge < -0.3 is 10.2 Å². The summed E-state index contributed by atoms with van der Waals surface area (Å²) in [7, 11) is 4.39. The van der Waals surface area contributed by atoms with Crippen LogP contribution in [0.5, 0.6) is 0 Å². The molecule has 21 heavy (non-hydrogen) atoms. The molecule has 120 valence electrons. The van der Waals surface area contributed by atoms with Gasteiger partial charge >= 0.3 is 0 Å². The third kappa shape index (κ3) is 5.06. The summed E-state index contributed by atoms with van der Waals surface area (Å²) >= 11 is 1.96. The minimum Gasteiger partial charge on any atom is -0.312 e. The van der Waals surface area contributed by atoms with Gasteiger partial charge in [-0.05, 0) is 51.5 Å². The quantitative estimate of drug-likeness (QED) is 0.835. The minimum atomic E-state index is 0.720. The van der Waals surface area contributed by atoms with Crippen LogP contribution in [0.2, 0.25) is 0 Å². The molecule has 1 saturated heterocycles. The molecule has 4 heteroatoms. The summed E-state index contributed by atoms with van der Waals surface area (Å²) in [6, 6.07) is 3.15. The second-order valence-electron chi connectivity index (χ2n) is 6.96. The Labute approximate surface area is 134 Å². The lowest BCUT2D eigenvalue weighted by Gasteiger charge is -2.20. The van der Waals surface area contributed by atoms with Crippen LogP contribution >= 0.6 is 11.3 Å². The molecule has 3 nitrogen and oxygen atoms in total. The summed E-state index contributed by atoms with van der Waals surface area (Å²) < 4.78 is 0. The average molecular weight is 310 g/mol. The molecule has 1 aromatic rings. The van der Waals surface area contributed by atoms with Gasteiger partial charge in [0.15, 0.2) is 0 Å². The van der Waals surface area contributed by atoms with Gasteiger partial charge in [-0.2, -0.15) is 0 Å². The molecule has 2 heterocycles. The molecule has 1 aromatic heterocycles. The zero-order chi connectivity index (χ0) is 15.4. The Hall–Kier alpha value is -0.420. The van der Waals surface area contributed by atoms with Crippen LogP contribution in [0.3, 0.4) is 0 Å². The molecule has 0 aliphatic carbocycles. The first-order chi connectivity index (χ1) is 9.95. The van der Waals surface area contributed by atoms with E-state index < -0.39 is 0 Å². The largest absolute Gasteiger partial charge is 0.312 e. The molecule has 1 fully saturated rings. The first-order valence-corrected chi connectivity index (χ1v) is 8.95. The SMILES string of the molecule is Cc1sc(CNCC(C)C)cc1CN1CCC(N(C)C)C1. The molecular formula is C17H31N3S. The average Bonchev–Trinajstić information content (AvgIpc) is 2.98. The highest BCUT2D eigenvalue weighted by Crippen LogP contribution is 2.25. The summed E-state index contributed by atoms with van der Waals surface area (Å²) in [5, 5.41) is 3.55. The van der Waals surface area contributed by atoms with Gasteiger partial charge in [0, 0.05) is 42.0 Å². The molecule has 0 aromatic carbocycles. The lowest BCUT2D eigenvalue weighted by Crippen LogP contribution is -2.31. The maximum Gasteiger partial charge on any atom is 0.0300 e. The van der Waals surface area contributed by atoms with E-state index in [1.807, 2.05) is 11.3 Å². The standard InChI is InChI=1S/C17H31N3S/c1-13(2)9-18-10-17-8-15(14(3)21-17)11-20-7-6-16(12-20)19(4)5/h8,13,16,18H,6-7,9-12H2,1-5H3. The van der Waals surface area contributed by atoms with Crippen LogP contribution in [0, 0.1) is 12.8 Å². The zero-order valence-electron chi connectivity index (χ0n) is 14.3. The van der Waals surface area contributed by atoms with E-state index in [9.17, 15) is 0 Å². The second kappa shape index (κ2) is 7.73. The van der Waals surface area contributed by atoms with Gasteiger partial charge in [-0.1, -0.05) is 13.8 Å². The molecule has 1 N–H and O–H groups in total. The van der Waals surface area contributed by atoms with E-state index >= 15 is 0 Å². The molecule has 1 unspecified atom stereocenters. The number of thiophene rings is 1. The van der Waals surface area contributed by atoms with Crippen LogP contribution in [0.1, 0.15) is 35.6 Å². The van der Waals surface area contributed by atoms with Gasteiger partial charge in [-0.3, -0.25) is 4.90 Å². The highest BCUT2D eigenvalue weighted by Gasteiger charge is 2.24. The van der Waals surface area contributed by atoms with Crippen LogP contribution in [-0.2, 0) is 13.1 Å². The van der Waals surface area contributed by atoms with E-state index in [0.717, 1.165) is 31.6 Å². The maximum atomic E-state index is 3.55. The Bertz CT molecular complexity index is 439. The van der Waals surface area contributed by atoms with Crippen molar-refractivity contribution in [1.82, 2.24) is 15.1 Å². The molecule has 0 bridgehead atoms. The molecule has 2 rings (SSSR count). The summed E-state index contributed by atoms with van der Waals surface area (Å²) in [4.78, 5) is 7.93. The van der Waals surface area contributed by atoms with Crippen LogP contribution in [0.15, 0.2) is 6.07 Å². The highest BCUT2D eigenvalue weighted by molar-refractivity contribution is 7.12. The van der Waals surface area contributed by atoms with Crippen molar-refractivity contribution in [2.75, 3.05) is 33.7 Å². The Morgan fingerprint density at radius 2 is 2.19 bits per heavy atom. The van der Waals surface area contributed by atoms with E-state index in [-0.39, 0.29) is 0 Å². The molecule has 1 aliphatic rings. The number of hydrogen-bond acceptors (Lipinski definition) is 4. The fraction of sp³-hybridized carbons (Fsp3) is 0.765. The number of likely N-dealkylation sites (N-methyl/N-ethyl adjacent to an activating group) is 1. The van der Waals surface area contributed by atoms with Crippen molar-refractivity contribution in [3.05, 3.63) is 21.4 Å². The van der Waals surface area contributed by atoms with Crippen molar-refractivity contribution in [2.24, 2.45) is 5.92 Å². The summed E-state index contributed by atoms with van der Waals surface area (Å²) in [5.41, 5.74) is 1.53. The van der Waals surface area contributed by atoms with Gasteiger partial charge in [0.1, 0.15) is 0 Å². The Kier molecular flexibility index (Phi) is 6.23. The monoisotopic (exact) mass is 309 g/mol. The number of nitrogens with one attached hydrogen (secondary N) is 1. The van der Waals surface area contributed by atoms with E-state index in [0.29, 0.717) is 0 Å². The lowest BCUT2D eigenvalue weighted by molar-refractivity contribution is 0.264. The van der Waals surface area contributed by atoms with E-state index in [4.69, 9.17) is 0 Å². The van der Waals surface area contributed by atoms with Gasteiger partial charge in [0.05, 0.1) is 0 Å². The molecule has 1 atom stereocenters. The Morgan fingerprint density at radius 1 is 1.43 bits per heavy atom. The van der Waals surface area contributed by atoms with Crippen molar-refractivity contribution < 1.29 is 0 Å². The van der Waals surface area contributed by atoms with Gasteiger partial charge in [-0.25, -0.2) is 0 Å². The van der Waals surface area contributed by atoms with Gasteiger partial charge in [0.2, 0.25) is 0 Å². The van der Waals surface area contributed by atoms with Crippen LogP contribution < -0.4 is 5.32 Å². The van der Waals surface area contributed by atoms with Crippen molar-refractivity contribution in [3.63, 3.8) is 0 Å². The fourth-order valence-corrected chi connectivity index (χ4v) is 3.96. The van der Waals surface area contributed by atoms with Crippen molar-refractivity contribution >= 4 is 11.3 Å². The maximum absolute atomic E-state index is 3.55. The highest BCUT2D eigenvalue weighted by atomic mass is 32.1. The first kappa shape index (κ1) is 16.9. The molecular weight excluding hydrogens is 278 g/mol. The Morgan fingerprint density at radius 3 is 2.81 bits per heavy atom. The van der Waals surface area contributed by atoms with E-state index in [1.54, 1.807) is 0 Å². The summed E-state index contributed by atoms with van der Waals surface area (Å²) in [6.07, 6.45) is 1.30. The molecule has 1 aliphatic heterocycles. The topological polar surface area (TPSA) is 18.5 Å². The fourth-order valence-electron chi connectivity index (χ4n) is 2.93. The van der Waals surface area contributed by atoms with Gasteiger partial charge in [0.25, 0.3) is 0 Å². The zero-order valence-corrected chi connectivity index (χ0v) is 15.1. The third-order valence-electron chi connectivity index (χ3n) is 4.30. The van der Waals surface area contributed by atoms with E-state index in [1.165, 1.54) is 34.8 Å². The van der Waals surface area contributed by atoms with Crippen molar-refractivity contribution in [3.8, 4) is 0 Å². The predicted octanol–water partition coefficient (Wildman–Crippen LogP) is 2.94. The number of aryl methyl sites for hydroxylation is 1. The number of rotatable bonds is 7. The minimum absolute atomic E-state index is 0.720. The first-order valence-electron chi connectivity index (χ1n) is 8.13. The molecule has 0 amide bonds. The number of nitrogens with zero attached hydrogens (tertiary/aromatic N) is 2.